The molecule has 0 amide bonds. The molecule has 1 unspecified atom stereocenters. The molecule has 0 fully saturated rings. The van der Waals surface area contributed by atoms with Gasteiger partial charge in [0.15, 0.2) is 0 Å². The molecule has 2 N–H and O–H groups in total. The monoisotopic (exact) mass is 258 g/mol. The summed E-state index contributed by atoms with van der Waals surface area (Å²) in [5.41, 5.74) is 0. The molecule has 1 atom stereocenters. The predicted octanol–water partition coefficient (Wildman–Crippen LogP) is -2.71. The van der Waals surface area contributed by atoms with Gasteiger partial charge in [-0.25, -0.2) is 0 Å². The van der Waals surface area contributed by atoms with Crippen LogP contribution >= 0.6 is 0 Å². The van der Waals surface area contributed by atoms with E-state index in [2.05, 4.69) is 4.74 Å². The van der Waals surface area contributed by atoms with Gasteiger partial charge in [0.2, 0.25) is 0 Å². The van der Waals surface area contributed by atoms with Crippen LogP contribution in [0.2, 0.25) is 0 Å². The van der Waals surface area contributed by atoms with Crippen molar-refractivity contribution in [1.82, 2.24) is 0 Å². The van der Waals surface area contributed by atoms with Crippen molar-refractivity contribution in [2.24, 2.45) is 3.95 Å². The fourth-order valence-corrected chi connectivity index (χ4v) is 1.39. The minimum absolute atomic E-state index is 0.176. The number of hydrogen-bond acceptors (Lipinski definition) is 3. The average Bonchev–Trinajstić information content (AvgIpc) is 2.01. The molecule has 0 spiro atoms. The van der Waals surface area contributed by atoms with Crippen molar-refractivity contribution in [3.05, 3.63) is 0 Å². The number of ether oxygens (including phenoxy) is 1. The van der Waals surface area contributed by atoms with Crippen LogP contribution in [0.4, 0.5) is 0 Å². The third-order valence-electron chi connectivity index (χ3n) is 1.52. The van der Waals surface area contributed by atoms with Gasteiger partial charge >= 0.3 is 71.7 Å². The van der Waals surface area contributed by atoms with Crippen molar-refractivity contribution >= 4 is 5.97 Å². The number of halogens is 1. The van der Waals surface area contributed by atoms with Gasteiger partial charge < -0.3 is 0 Å². The Balaban J connectivity index is 4.17. The van der Waals surface area contributed by atoms with E-state index in [4.69, 9.17) is 3.95 Å². The van der Waals surface area contributed by atoms with Crippen LogP contribution < -0.4 is 25.4 Å². The van der Waals surface area contributed by atoms with E-state index in [9.17, 15) is 4.79 Å². The SMILES string of the molecule is CCC(C)([I-]N)C(=O)OC. The average molecular weight is 258 g/mol. The van der Waals surface area contributed by atoms with Gasteiger partial charge in [-0.2, -0.15) is 0 Å². The normalized spacial score (nSPS) is 16.4. The summed E-state index contributed by atoms with van der Waals surface area (Å²) in [6.45, 7) is 3.80. The van der Waals surface area contributed by atoms with Crippen LogP contribution in [0.15, 0.2) is 0 Å². The van der Waals surface area contributed by atoms with E-state index in [-0.39, 0.29) is 9.39 Å². The molecule has 0 aromatic heterocycles. The van der Waals surface area contributed by atoms with Crippen molar-refractivity contribution < 1.29 is 31.0 Å². The van der Waals surface area contributed by atoms with Crippen LogP contribution in [-0.2, 0) is 9.53 Å². The van der Waals surface area contributed by atoms with Crippen molar-refractivity contribution in [3.8, 4) is 0 Å². The summed E-state index contributed by atoms with van der Waals surface area (Å²) < 4.78 is 9.73. The Morgan fingerprint density at radius 3 is 2.40 bits per heavy atom. The van der Waals surface area contributed by atoms with Gasteiger partial charge in [0.1, 0.15) is 0 Å². The summed E-state index contributed by atoms with van der Waals surface area (Å²) in [7, 11) is 1.40. The molecule has 4 heteroatoms. The van der Waals surface area contributed by atoms with Crippen molar-refractivity contribution in [2.75, 3.05) is 7.11 Å². The zero-order valence-corrected chi connectivity index (χ0v) is 8.64. The second kappa shape index (κ2) is 4.12. The van der Waals surface area contributed by atoms with E-state index in [1.165, 1.54) is 7.11 Å². The molecule has 62 valence electrons. The molecule has 0 aliphatic carbocycles. The van der Waals surface area contributed by atoms with Gasteiger partial charge in [0.05, 0.1) is 0 Å². The number of nitrogens with two attached hydrogens (primary N) is 1. The number of carbonyl (C=O) groups excluding carboxylic acids is 1. The number of hydrogen-bond donors (Lipinski definition) is 1. The third-order valence-corrected chi connectivity index (χ3v) is 4.09. The molecule has 3 nitrogen and oxygen atoms in total. The second-order valence-corrected chi connectivity index (χ2v) is 5.16. The molecule has 0 radical (unpaired) electrons. The van der Waals surface area contributed by atoms with E-state index in [1.54, 1.807) is 0 Å². The molecule has 0 heterocycles. The van der Waals surface area contributed by atoms with Gasteiger partial charge in [0.25, 0.3) is 0 Å². The van der Waals surface area contributed by atoms with Gasteiger partial charge in [-0.05, 0) is 0 Å². The Morgan fingerprint density at radius 2 is 2.30 bits per heavy atom. The van der Waals surface area contributed by atoms with E-state index in [1.807, 2.05) is 13.8 Å². The Hall–Kier alpha value is 0.160. The first kappa shape index (κ1) is 10.2. The van der Waals surface area contributed by atoms with Crippen LogP contribution in [0.3, 0.4) is 0 Å². The molecular weight excluding hydrogens is 245 g/mol. The molecule has 0 aromatic carbocycles. The molecule has 0 saturated carbocycles. The van der Waals surface area contributed by atoms with E-state index >= 15 is 0 Å². The molecule has 0 aliphatic heterocycles. The maximum absolute atomic E-state index is 11.0. The zero-order valence-electron chi connectivity index (χ0n) is 6.48. The Labute approximate surface area is 71.9 Å². The molecule has 0 saturated heterocycles. The van der Waals surface area contributed by atoms with Gasteiger partial charge in [-0.1, -0.05) is 0 Å². The number of rotatable bonds is 3. The summed E-state index contributed by atoms with van der Waals surface area (Å²) in [5.74, 6) is -0.176. The summed E-state index contributed by atoms with van der Waals surface area (Å²) in [6, 6.07) is 0. The Bertz CT molecular complexity index is 123. The van der Waals surface area contributed by atoms with Crippen LogP contribution in [0.1, 0.15) is 20.3 Å². The second-order valence-electron chi connectivity index (χ2n) is 2.15. The van der Waals surface area contributed by atoms with Gasteiger partial charge in [-0.3, -0.25) is 0 Å². The number of esters is 1. The van der Waals surface area contributed by atoms with E-state index in [0.717, 1.165) is 6.42 Å². The van der Waals surface area contributed by atoms with Crippen molar-refractivity contribution in [2.45, 2.75) is 23.7 Å². The van der Waals surface area contributed by atoms with Crippen molar-refractivity contribution in [1.29, 1.82) is 0 Å². The summed E-state index contributed by atoms with van der Waals surface area (Å²) in [6.07, 6.45) is 0.767. The standard InChI is InChI=1S/C6H13INO2/c1-4-6(2,7-8)5(9)10-3/h4,8H2,1-3H3/q-1. The fourth-order valence-electron chi connectivity index (χ4n) is 0.479. The van der Waals surface area contributed by atoms with Crippen LogP contribution in [0, 0.1) is 0 Å². The first-order valence-corrected chi connectivity index (χ1v) is 5.36. The van der Waals surface area contributed by atoms with Crippen LogP contribution in [-0.4, -0.2) is 16.5 Å². The summed E-state index contributed by atoms with van der Waals surface area (Å²) in [4.78, 5) is 11.0. The van der Waals surface area contributed by atoms with E-state index < -0.39 is 21.5 Å². The zero-order chi connectivity index (χ0) is 8.20. The van der Waals surface area contributed by atoms with Crippen LogP contribution in [0.25, 0.3) is 0 Å². The molecule has 0 aliphatic rings. The van der Waals surface area contributed by atoms with Gasteiger partial charge in [0, 0.05) is 0 Å². The quantitative estimate of drug-likeness (QED) is 0.259. The molecule has 0 bridgehead atoms. The summed E-state index contributed by atoms with van der Waals surface area (Å²) >= 11 is -0.563. The van der Waals surface area contributed by atoms with Gasteiger partial charge in [-0.15, -0.1) is 0 Å². The fraction of sp³-hybridized carbons (Fsp3) is 0.833. The first-order chi connectivity index (χ1) is 4.60. The predicted molar refractivity (Wildman–Crippen MR) is 34.9 cm³/mol. The van der Waals surface area contributed by atoms with Crippen molar-refractivity contribution in [3.63, 3.8) is 0 Å². The minimum atomic E-state index is -0.563. The third kappa shape index (κ3) is 2.09. The topological polar surface area (TPSA) is 52.3 Å². The molecule has 0 rings (SSSR count). The Kier molecular flexibility index (Phi) is 4.19. The molecule has 0 aromatic rings. The Morgan fingerprint density at radius 1 is 1.80 bits per heavy atom. The first-order valence-electron chi connectivity index (χ1n) is 3.03. The van der Waals surface area contributed by atoms with E-state index in [0.29, 0.717) is 0 Å². The summed E-state index contributed by atoms with van der Waals surface area (Å²) in [5, 5.41) is 0. The number of alkyl halides is 1. The van der Waals surface area contributed by atoms with Crippen LogP contribution in [0.5, 0.6) is 0 Å². The molecular formula is C6H13INO2-. The number of methoxy groups -OCH3 is 1. The molecule has 10 heavy (non-hydrogen) atoms. The number of carbonyl (C=O) groups is 1. The maximum atomic E-state index is 11.0.